The summed E-state index contributed by atoms with van der Waals surface area (Å²) in [6.45, 7) is 7.92. The average Bonchev–Trinajstić information content (AvgIpc) is 2.84. The molecule has 1 aliphatic heterocycles. The second kappa shape index (κ2) is 8.10. The number of hydrogen-bond acceptors (Lipinski definition) is 6. The maximum absolute atomic E-state index is 13.3. The summed E-state index contributed by atoms with van der Waals surface area (Å²) in [5.41, 5.74) is 4.23. The zero-order chi connectivity index (χ0) is 22.2. The van der Waals surface area contributed by atoms with E-state index in [0.29, 0.717) is 24.5 Å². The Morgan fingerprint density at radius 2 is 1.84 bits per heavy atom. The first-order chi connectivity index (χ1) is 14.8. The number of esters is 1. The maximum Gasteiger partial charge on any atom is 0.308 e. The van der Waals surface area contributed by atoms with Gasteiger partial charge < -0.3 is 20.1 Å². The van der Waals surface area contributed by atoms with Crippen molar-refractivity contribution in [3.63, 3.8) is 0 Å². The molecule has 0 aromatic heterocycles. The first kappa shape index (κ1) is 21.0. The molecule has 162 valence electrons. The van der Waals surface area contributed by atoms with Crippen LogP contribution in [-0.4, -0.2) is 18.4 Å². The number of ketones is 1. The third kappa shape index (κ3) is 4.29. The van der Waals surface area contributed by atoms with E-state index in [9.17, 15) is 9.59 Å². The second-order valence-electron chi connectivity index (χ2n) is 8.81. The highest BCUT2D eigenvalue weighted by Gasteiger charge is 2.38. The minimum absolute atomic E-state index is 0.117. The molecule has 2 aromatic carbocycles. The summed E-state index contributed by atoms with van der Waals surface area (Å²) in [4.78, 5) is 25.0. The molecule has 0 bridgehead atoms. The van der Waals surface area contributed by atoms with E-state index in [1.807, 2.05) is 37.3 Å². The number of benzene rings is 2. The zero-order valence-electron chi connectivity index (χ0n) is 18.4. The Morgan fingerprint density at radius 3 is 2.55 bits per heavy atom. The molecule has 1 aliphatic carbocycles. The Hall–Kier alpha value is -3.28. The van der Waals surface area contributed by atoms with Crippen molar-refractivity contribution in [1.82, 2.24) is 0 Å². The van der Waals surface area contributed by atoms with Gasteiger partial charge in [-0.25, -0.2) is 0 Å². The number of carbonyl (C=O) groups excluding carboxylic acids is 2. The van der Waals surface area contributed by atoms with Crippen LogP contribution in [0.25, 0.3) is 0 Å². The predicted octanol–water partition coefficient (Wildman–Crippen LogP) is 5.23. The molecule has 6 nitrogen and oxygen atoms in total. The fourth-order valence-corrected chi connectivity index (χ4v) is 4.35. The van der Waals surface area contributed by atoms with E-state index in [2.05, 4.69) is 24.5 Å². The third-order valence-electron chi connectivity index (χ3n) is 5.58. The van der Waals surface area contributed by atoms with Gasteiger partial charge in [0.15, 0.2) is 17.3 Å². The van der Waals surface area contributed by atoms with Gasteiger partial charge in [0.25, 0.3) is 0 Å². The summed E-state index contributed by atoms with van der Waals surface area (Å²) in [5.74, 6) is 0.546. The monoisotopic (exact) mass is 420 g/mol. The van der Waals surface area contributed by atoms with Crippen molar-refractivity contribution in [1.29, 1.82) is 0 Å². The lowest BCUT2D eigenvalue weighted by molar-refractivity contribution is -0.132. The quantitative estimate of drug-likeness (QED) is 0.521. The van der Waals surface area contributed by atoms with Gasteiger partial charge in [-0.1, -0.05) is 32.0 Å². The van der Waals surface area contributed by atoms with Gasteiger partial charge >= 0.3 is 5.97 Å². The highest BCUT2D eigenvalue weighted by atomic mass is 16.6. The van der Waals surface area contributed by atoms with Crippen molar-refractivity contribution in [2.75, 3.05) is 17.2 Å². The van der Waals surface area contributed by atoms with Crippen molar-refractivity contribution < 1.29 is 19.1 Å². The van der Waals surface area contributed by atoms with Gasteiger partial charge in [0.1, 0.15) is 0 Å². The topological polar surface area (TPSA) is 76.7 Å². The van der Waals surface area contributed by atoms with Crippen LogP contribution in [0.1, 0.15) is 52.1 Å². The van der Waals surface area contributed by atoms with E-state index in [-0.39, 0.29) is 17.2 Å². The summed E-state index contributed by atoms with van der Waals surface area (Å²) in [6.07, 6.45) is 1.25. The van der Waals surface area contributed by atoms with Crippen LogP contribution in [0, 0.1) is 5.41 Å². The van der Waals surface area contributed by atoms with E-state index in [4.69, 9.17) is 9.47 Å². The van der Waals surface area contributed by atoms with E-state index in [0.717, 1.165) is 34.6 Å². The Balaban J connectivity index is 1.85. The van der Waals surface area contributed by atoms with Crippen LogP contribution < -0.4 is 20.1 Å². The summed E-state index contributed by atoms with van der Waals surface area (Å²) in [5, 5.41) is 7.05. The molecule has 0 spiro atoms. The van der Waals surface area contributed by atoms with E-state index >= 15 is 0 Å². The van der Waals surface area contributed by atoms with Crippen LogP contribution in [0.5, 0.6) is 11.5 Å². The first-order valence-corrected chi connectivity index (χ1v) is 10.6. The lowest BCUT2D eigenvalue weighted by Gasteiger charge is -2.34. The van der Waals surface area contributed by atoms with Crippen LogP contribution in [0.15, 0.2) is 53.7 Å². The molecule has 0 radical (unpaired) electrons. The van der Waals surface area contributed by atoms with Crippen LogP contribution in [0.3, 0.4) is 0 Å². The lowest BCUT2D eigenvalue weighted by Crippen LogP contribution is -2.31. The largest absolute Gasteiger partial charge is 0.490 e. The molecule has 1 atom stereocenters. The Morgan fingerprint density at radius 1 is 1.10 bits per heavy atom. The van der Waals surface area contributed by atoms with Crippen molar-refractivity contribution in [2.45, 2.75) is 46.6 Å². The molecule has 0 saturated heterocycles. The molecular formula is C25H28N2O4. The standard InChI is InChI=1S/C25H28N2O4/c1-5-30-21-11-10-16(12-22(21)31-15(2)28)24-23-19(13-25(3,4)14-20(23)29)26-17-8-6-7-9-18(17)27-24/h6-12,24,26-27H,5,13-14H2,1-4H3/t24-/m0/s1. The number of allylic oxidation sites excluding steroid dienone is 1. The number of anilines is 2. The van der Waals surface area contributed by atoms with Gasteiger partial charge in [-0.3, -0.25) is 9.59 Å². The second-order valence-corrected chi connectivity index (χ2v) is 8.81. The molecule has 2 aromatic rings. The zero-order valence-corrected chi connectivity index (χ0v) is 18.4. The number of nitrogens with one attached hydrogen (secondary N) is 2. The molecule has 0 amide bonds. The summed E-state index contributed by atoms with van der Waals surface area (Å²) < 4.78 is 11.0. The first-order valence-electron chi connectivity index (χ1n) is 10.6. The molecular weight excluding hydrogens is 392 g/mol. The van der Waals surface area contributed by atoms with Crippen LogP contribution >= 0.6 is 0 Å². The van der Waals surface area contributed by atoms with Crippen molar-refractivity contribution >= 4 is 23.1 Å². The number of fused-ring (bicyclic) bond motifs is 1. The van der Waals surface area contributed by atoms with Gasteiger partial charge in [-0.05, 0) is 48.6 Å². The number of rotatable bonds is 4. The van der Waals surface area contributed by atoms with Crippen LogP contribution in [-0.2, 0) is 9.59 Å². The number of hydrogen-bond donors (Lipinski definition) is 2. The number of ether oxygens (including phenoxy) is 2. The number of carbonyl (C=O) groups is 2. The van der Waals surface area contributed by atoms with E-state index in [1.165, 1.54) is 6.92 Å². The van der Waals surface area contributed by atoms with Gasteiger partial charge in [0.05, 0.1) is 24.0 Å². The van der Waals surface area contributed by atoms with Crippen molar-refractivity contribution in [3.05, 3.63) is 59.3 Å². The molecule has 1 heterocycles. The minimum Gasteiger partial charge on any atom is -0.490 e. The number of para-hydroxylation sites is 2. The van der Waals surface area contributed by atoms with Crippen molar-refractivity contribution in [3.8, 4) is 11.5 Å². The smallest absolute Gasteiger partial charge is 0.308 e. The van der Waals surface area contributed by atoms with E-state index in [1.54, 1.807) is 12.1 Å². The van der Waals surface area contributed by atoms with E-state index < -0.39 is 5.97 Å². The Labute approximate surface area is 182 Å². The molecule has 6 heteroatoms. The fraction of sp³-hybridized carbons (Fsp3) is 0.360. The van der Waals surface area contributed by atoms with Gasteiger partial charge in [0, 0.05) is 24.6 Å². The number of Topliss-reactive ketones (excluding diaryl/α,β-unsaturated/α-hetero) is 1. The summed E-state index contributed by atoms with van der Waals surface area (Å²) >= 11 is 0. The minimum atomic E-state index is -0.422. The molecule has 0 fully saturated rings. The molecule has 0 saturated carbocycles. The van der Waals surface area contributed by atoms with Crippen LogP contribution in [0.2, 0.25) is 0 Å². The van der Waals surface area contributed by atoms with Gasteiger partial charge in [0.2, 0.25) is 0 Å². The molecule has 31 heavy (non-hydrogen) atoms. The normalized spacial score (nSPS) is 19.4. The molecule has 4 rings (SSSR count). The summed E-state index contributed by atoms with van der Waals surface area (Å²) in [6, 6.07) is 13.1. The SMILES string of the molecule is CCOc1ccc([C@@H]2Nc3ccccc3NC3=C2C(=O)CC(C)(C)C3)cc1OC(C)=O. The fourth-order valence-electron chi connectivity index (χ4n) is 4.35. The molecule has 2 aliphatic rings. The highest BCUT2D eigenvalue weighted by Crippen LogP contribution is 2.46. The lowest BCUT2D eigenvalue weighted by atomic mass is 9.73. The van der Waals surface area contributed by atoms with Crippen LogP contribution in [0.4, 0.5) is 11.4 Å². The molecule has 0 unspecified atom stereocenters. The van der Waals surface area contributed by atoms with Crippen molar-refractivity contribution in [2.24, 2.45) is 5.41 Å². The highest BCUT2D eigenvalue weighted by molar-refractivity contribution is 6.01. The summed E-state index contributed by atoms with van der Waals surface area (Å²) in [7, 11) is 0. The van der Waals surface area contributed by atoms with Gasteiger partial charge in [-0.2, -0.15) is 0 Å². The van der Waals surface area contributed by atoms with Gasteiger partial charge in [-0.15, -0.1) is 0 Å². The average molecular weight is 421 g/mol. The molecule has 2 N–H and O–H groups in total. The third-order valence-corrected chi connectivity index (χ3v) is 5.58. The maximum atomic E-state index is 13.3. The predicted molar refractivity (Wildman–Crippen MR) is 120 cm³/mol. The Bertz CT molecular complexity index is 1070. The Kier molecular flexibility index (Phi) is 5.48.